The molecule has 8 heteroatoms. The molecule has 2 aromatic heterocycles. The summed E-state index contributed by atoms with van der Waals surface area (Å²) in [6.45, 7) is 3.63. The molecule has 3 N–H and O–H groups in total. The fourth-order valence-electron chi connectivity index (χ4n) is 2.85. The highest BCUT2D eigenvalue weighted by atomic mass is 16.5. The first-order valence-electron chi connectivity index (χ1n) is 7.44. The van der Waals surface area contributed by atoms with Crippen molar-refractivity contribution in [2.24, 2.45) is 0 Å². The van der Waals surface area contributed by atoms with Crippen molar-refractivity contribution in [1.82, 2.24) is 15.0 Å². The van der Waals surface area contributed by atoms with E-state index < -0.39 is 23.1 Å². The minimum Gasteiger partial charge on any atom is -0.463 e. The normalized spacial score (nSPS) is 16.3. The van der Waals surface area contributed by atoms with Crippen LogP contribution < -0.4 is 16.6 Å². The van der Waals surface area contributed by atoms with E-state index in [1.807, 2.05) is 0 Å². The molecule has 0 spiro atoms. The summed E-state index contributed by atoms with van der Waals surface area (Å²) < 4.78 is 5.15. The van der Waals surface area contributed by atoms with E-state index in [4.69, 9.17) is 4.74 Å². The number of H-pyrrole nitrogens is 2. The topological polar surface area (TPSA) is 117 Å². The van der Waals surface area contributed by atoms with Crippen LogP contribution in [0.2, 0.25) is 0 Å². The number of hydrogen-bond acceptors (Lipinski definition) is 6. The third kappa shape index (κ3) is 2.62. The fourth-order valence-corrected chi connectivity index (χ4v) is 2.85. The van der Waals surface area contributed by atoms with Gasteiger partial charge in [0.1, 0.15) is 5.82 Å². The number of rotatable bonds is 3. The van der Waals surface area contributed by atoms with E-state index in [-0.39, 0.29) is 18.0 Å². The van der Waals surface area contributed by atoms with Crippen molar-refractivity contribution in [3.8, 4) is 0 Å². The van der Waals surface area contributed by atoms with E-state index in [0.29, 0.717) is 16.8 Å². The molecule has 124 valence electrons. The number of ether oxygens (including phenoxy) is 1. The lowest BCUT2D eigenvalue weighted by Gasteiger charge is -2.28. The van der Waals surface area contributed by atoms with Crippen molar-refractivity contribution in [3.05, 3.63) is 67.8 Å². The van der Waals surface area contributed by atoms with E-state index in [1.165, 1.54) is 0 Å². The van der Waals surface area contributed by atoms with Crippen LogP contribution in [0.15, 0.2) is 45.4 Å². The number of aromatic amines is 2. The lowest BCUT2D eigenvalue weighted by Crippen LogP contribution is -2.35. The van der Waals surface area contributed by atoms with E-state index in [2.05, 4.69) is 20.3 Å². The second-order valence-electron chi connectivity index (χ2n) is 5.29. The van der Waals surface area contributed by atoms with Gasteiger partial charge in [-0.2, -0.15) is 0 Å². The zero-order chi connectivity index (χ0) is 17.3. The molecule has 0 aliphatic carbocycles. The van der Waals surface area contributed by atoms with Crippen LogP contribution in [0.1, 0.15) is 30.9 Å². The molecule has 0 saturated heterocycles. The van der Waals surface area contributed by atoms with Gasteiger partial charge in [0.05, 0.1) is 23.7 Å². The number of anilines is 1. The Labute approximate surface area is 136 Å². The van der Waals surface area contributed by atoms with Crippen LogP contribution in [0.4, 0.5) is 5.82 Å². The van der Waals surface area contributed by atoms with E-state index in [0.717, 1.165) is 0 Å². The monoisotopic (exact) mass is 328 g/mol. The zero-order valence-electron chi connectivity index (χ0n) is 13.2. The Morgan fingerprint density at radius 1 is 1.25 bits per heavy atom. The van der Waals surface area contributed by atoms with Gasteiger partial charge in [-0.05, 0) is 31.5 Å². The van der Waals surface area contributed by atoms with Crippen LogP contribution in [0.5, 0.6) is 0 Å². The maximum absolute atomic E-state index is 12.5. The number of fused-ring (bicyclic) bond motifs is 1. The molecule has 3 heterocycles. The Hall–Kier alpha value is -3.16. The summed E-state index contributed by atoms with van der Waals surface area (Å²) in [6, 6.07) is 3.44. The van der Waals surface area contributed by atoms with E-state index in [9.17, 15) is 14.4 Å². The third-order valence-corrected chi connectivity index (χ3v) is 3.81. The molecule has 1 aliphatic rings. The summed E-state index contributed by atoms with van der Waals surface area (Å²) in [4.78, 5) is 45.2. The van der Waals surface area contributed by atoms with Crippen molar-refractivity contribution < 1.29 is 9.53 Å². The molecule has 2 aromatic rings. The van der Waals surface area contributed by atoms with E-state index >= 15 is 0 Å². The molecule has 0 saturated carbocycles. The number of nitrogens with zero attached hydrogens (tertiary/aromatic N) is 1. The number of pyridine rings is 1. The smallest absolute Gasteiger partial charge is 0.336 e. The first-order chi connectivity index (χ1) is 11.5. The molecular weight excluding hydrogens is 312 g/mol. The molecule has 1 aliphatic heterocycles. The molecule has 0 aromatic carbocycles. The summed E-state index contributed by atoms with van der Waals surface area (Å²) in [6.07, 6.45) is 3.16. The van der Waals surface area contributed by atoms with Crippen LogP contribution in [0.25, 0.3) is 0 Å². The summed E-state index contributed by atoms with van der Waals surface area (Å²) in [5.41, 5.74) is 0.628. The predicted molar refractivity (Wildman–Crippen MR) is 86.7 cm³/mol. The quantitative estimate of drug-likeness (QED) is 0.719. The fraction of sp³-hybridized carbons (Fsp3) is 0.250. The number of nitrogens with one attached hydrogen (secondary N) is 3. The average Bonchev–Trinajstić information content (AvgIpc) is 2.54. The molecule has 3 rings (SSSR count). The van der Waals surface area contributed by atoms with Crippen LogP contribution in [0, 0.1) is 0 Å². The second-order valence-corrected chi connectivity index (χ2v) is 5.29. The van der Waals surface area contributed by atoms with Gasteiger partial charge >= 0.3 is 11.7 Å². The van der Waals surface area contributed by atoms with Crippen molar-refractivity contribution in [2.45, 2.75) is 19.8 Å². The summed E-state index contributed by atoms with van der Waals surface area (Å²) in [5.74, 6) is -0.902. The number of allylic oxidation sites excluding steroid dienone is 1. The minimum absolute atomic E-state index is 0.216. The number of carbonyl (C=O) groups is 1. The number of esters is 1. The van der Waals surface area contributed by atoms with Crippen LogP contribution in [0.3, 0.4) is 0 Å². The molecule has 0 bridgehead atoms. The van der Waals surface area contributed by atoms with Crippen LogP contribution >= 0.6 is 0 Å². The van der Waals surface area contributed by atoms with Crippen molar-refractivity contribution in [3.63, 3.8) is 0 Å². The van der Waals surface area contributed by atoms with Crippen LogP contribution in [-0.2, 0) is 9.53 Å². The highest BCUT2D eigenvalue weighted by Gasteiger charge is 2.35. The average molecular weight is 328 g/mol. The Kier molecular flexibility index (Phi) is 4.03. The van der Waals surface area contributed by atoms with Crippen LogP contribution in [-0.4, -0.2) is 27.5 Å². The standard InChI is InChI=1S/C16H16N4O4/c1-3-24-15(22)10-8(2)18-13-12(14(21)20-16(23)19-13)11(10)9-4-6-17-7-5-9/h4-7,11H,3H2,1-2H3,(H3,18,19,20,21,23). The molecule has 0 fully saturated rings. The lowest BCUT2D eigenvalue weighted by atomic mass is 9.83. The molecule has 24 heavy (non-hydrogen) atoms. The van der Waals surface area contributed by atoms with Gasteiger partial charge in [0, 0.05) is 18.1 Å². The number of carbonyl (C=O) groups excluding carboxylic acids is 1. The van der Waals surface area contributed by atoms with Gasteiger partial charge in [-0.3, -0.25) is 19.7 Å². The third-order valence-electron chi connectivity index (χ3n) is 3.81. The Morgan fingerprint density at radius 3 is 2.62 bits per heavy atom. The minimum atomic E-state index is -0.663. The SMILES string of the molecule is CCOC(=O)C1=C(C)Nc2[nH]c(=O)[nH]c(=O)c2C1c1ccncc1. The molecule has 8 nitrogen and oxygen atoms in total. The molecule has 0 radical (unpaired) electrons. The van der Waals surface area contributed by atoms with Crippen molar-refractivity contribution >= 4 is 11.8 Å². The number of hydrogen-bond donors (Lipinski definition) is 3. The summed E-state index contributed by atoms with van der Waals surface area (Å²) in [5, 5.41) is 2.92. The van der Waals surface area contributed by atoms with Gasteiger partial charge in [-0.25, -0.2) is 9.59 Å². The maximum Gasteiger partial charge on any atom is 0.336 e. The van der Waals surface area contributed by atoms with E-state index in [1.54, 1.807) is 38.4 Å². The zero-order valence-corrected chi connectivity index (χ0v) is 13.2. The predicted octanol–water partition coefficient (Wildman–Crippen LogP) is 0.853. The maximum atomic E-state index is 12.5. The largest absolute Gasteiger partial charge is 0.463 e. The first kappa shape index (κ1) is 15.7. The summed E-state index contributed by atoms with van der Waals surface area (Å²) in [7, 11) is 0. The van der Waals surface area contributed by atoms with Crippen molar-refractivity contribution in [2.75, 3.05) is 11.9 Å². The van der Waals surface area contributed by atoms with Crippen molar-refractivity contribution in [1.29, 1.82) is 0 Å². The number of aromatic nitrogens is 3. The van der Waals surface area contributed by atoms with Gasteiger partial charge in [-0.15, -0.1) is 0 Å². The molecule has 1 atom stereocenters. The highest BCUT2D eigenvalue weighted by molar-refractivity contribution is 5.94. The van der Waals surface area contributed by atoms with Gasteiger partial charge < -0.3 is 10.1 Å². The first-order valence-corrected chi connectivity index (χ1v) is 7.44. The Bertz CT molecular complexity index is 927. The van der Waals surface area contributed by atoms with Gasteiger partial charge in [0.25, 0.3) is 5.56 Å². The molecular formula is C16H16N4O4. The molecule has 0 amide bonds. The summed E-state index contributed by atoms with van der Waals surface area (Å²) >= 11 is 0. The lowest BCUT2D eigenvalue weighted by molar-refractivity contribution is -0.138. The molecule has 1 unspecified atom stereocenters. The highest BCUT2D eigenvalue weighted by Crippen LogP contribution is 2.38. The van der Waals surface area contributed by atoms with Gasteiger partial charge in [0.15, 0.2) is 0 Å². The second kappa shape index (κ2) is 6.15. The Morgan fingerprint density at radius 2 is 1.96 bits per heavy atom. The Balaban J connectivity index is 2.28. The van der Waals surface area contributed by atoms with Gasteiger partial charge in [0.2, 0.25) is 0 Å². The van der Waals surface area contributed by atoms with Gasteiger partial charge in [-0.1, -0.05) is 0 Å².